The maximum Gasteiger partial charge on any atom is 0.282 e. The molecule has 164 valence electrons. The normalized spacial score (nSPS) is 41.3. The molecule has 0 aromatic carbocycles. The van der Waals surface area contributed by atoms with E-state index in [1.54, 1.807) is 24.2 Å². The topological polar surface area (TPSA) is 50.3 Å². The van der Waals surface area contributed by atoms with Crippen molar-refractivity contribution in [2.45, 2.75) is 50.6 Å². The first kappa shape index (κ1) is 20.9. The van der Waals surface area contributed by atoms with Crippen molar-refractivity contribution in [3.05, 3.63) is 48.5 Å². The van der Waals surface area contributed by atoms with E-state index < -0.39 is 11.7 Å². The molecule has 0 radical (unpaired) electrons. The van der Waals surface area contributed by atoms with Gasteiger partial charge >= 0.3 is 0 Å². The van der Waals surface area contributed by atoms with Crippen LogP contribution in [0.15, 0.2) is 53.5 Å². The van der Waals surface area contributed by atoms with Crippen molar-refractivity contribution in [2.24, 2.45) is 34.5 Å². The summed E-state index contributed by atoms with van der Waals surface area (Å²) < 4.78 is 14.5. The molecule has 1 aromatic heterocycles. The molecule has 7 atom stereocenters. The molecule has 0 N–H and O–H groups in total. The Labute approximate surface area is 187 Å². The minimum Gasteiger partial charge on any atom is -0.336 e. The zero-order valence-electron chi connectivity index (χ0n) is 18.3. The fraction of sp³-hybridized carbons (Fsp3) is 0.560. The molecule has 0 spiro atoms. The average molecular weight is 441 g/mol. The van der Waals surface area contributed by atoms with Crippen LogP contribution in [-0.2, 0) is 9.59 Å². The maximum absolute atomic E-state index is 14.5. The van der Waals surface area contributed by atoms with Gasteiger partial charge in [0, 0.05) is 24.7 Å². The average Bonchev–Trinajstić information content (AvgIpc) is 3.10. The Hall–Kier alpha value is -1.95. The summed E-state index contributed by atoms with van der Waals surface area (Å²) in [5.41, 5.74) is -0.461. The molecule has 0 saturated heterocycles. The van der Waals surface area contributed by atoms with Crippen LogP contribution >= 0.6 is 11.8 Å². The van der Waals surface area contributed by atoms with Gasteiger partial charge in [0.25, 0.3) is 5.91 Å². The number of amides is 1. The van der Waals surface area contributed by atoms with E-state index in [1.807, 2.05) is 18.2 Å². The zero-order chi connectivity index (χ0) is 22.0. The molecule has 2 heterocycles. The molecule has 0 bridgehead atoms. The summed E-state index contributed by atoms with van der Waals surface area (Å²) in [4.78, 5) is 31.4. The number of thioether (sulfide) groups is 1. The number of hydrogen-bond donors (Lipinski definition) is 0. The van der Waals surface area contributed by atoms with Gasteiger partial charge in [-0.2, -0.15) is 0 Å². The predicted octanol–water partition coefficient (Wildman–Crippen LogP) is 5.03. The summed E-state index contributed by atoms with van der Waals surface area (Å²) in [6.45, 7) is 4.40. The number of fused-ring (bicyclic) bond motifs is 5. The Kier molecular flexibility index (Phi) is 4.92. The monoisotopic (exact) mass is 440 g/mol. The van der Waals surface area contributed by atoms with Crippen molar-refractivity contribution in [2.75, 3.05) is 7.05 Å². The van der Waals surface area contributed by atoms with Crippen LogP contribution in [0.4, 0.5) is 4.39 Å². The van der Waals surface area contributed by atoms with Crippen molar-refractivity contribution in [3.8, 4) is 0 Å². The first-order valence-electron chi connectivity index (χ1n) is 11.2. The smallest absolute Gasteiger partial charge is 0.282 e. The maximum atomic E-state index is 14.5. The molecule has 6 heteroatoms. The minimum absolute atomic E-state index is 0.0487. The number of rotatable bonds is 2. The number of nitrogens with zero attached hydrogens (tertiary/aromatic N) is 2. The molecule has 2 unspecified atom stereocenters. The number of aromatic nitrogens is 1. The number of allylic oxidation sites excluding steroid dienone is 2. The Bertz CT molecular complexity index is 979. The third-order valence-corrected chi connectivity index (χ3v) is 9.68. The van der Waals surface area contributed by atoms with Gasteiger partial charge in [-0.05, 0) is 78.8 Å². The van der Waals surface area contributed by atoms with Crippen LogP contribution < -0.4 is 0 Å². The van der Waals surface area contributed by atoms with Crippen LogP contribution in [0.2, 0.25) is 0 Å². The molecule has 3 aliphatic carbocycles. The van der Waals surface area contributed by atoms with Crippen molar-refractivity contribution in [1.29, 1.82) is 0 Å². The van der Waals surface area contributed by atoms with Crippen LogP contribution in [0, 0.1) is 34.5 Å². The number of carbonyl (C=O) groups is 2. The van der Waals surface area contributed by atoms with Crippen LogP contribution in [0.3, 0.4) is 0 Å². The van der Waals surface area contributed by atoms with Crippen molar-refractivity contribution in [1.82, 2.24) is 9.88 Å². The summed E-state index contributed by atoms with van der Waals surface area (Å²) in [5.74, 6) is -0.204. The van der Waals surface area contributed by atoms with Crippen molar-refractivity contribution < 1.29 is 14.0 Å². The molecule has 4 nitrogen and oxygen atoms in total. The lowest BCUT2D eigenvalue weighted by Crippen LogP contribution is -2.60. The summed E-state index contributed by atoms with van der Waals surface area (Å²) in [7, 11) is 1.74. The van der Waals surface area contributed by atoms with E-state index in [1.165, 1.54) is 11.8 Å². The molecular weight excluding hydrogens is 411 g/mol. The van der Waals surface area contributed by atoms with Crippen LogP contribution in [0.5, 0.6) is 0 Å². The summed E-state index contributed by atoms with van der Waals surface area (Å²) in [5, 5.41) is 0.900. The fourth-order valence-corrected chi connectivity index (χ4v) is 8.15. The Balaban J connectivity index is 1.41. The first-order chi connectivity index (χ1) is 14.8. The summed E-state index contributed by atoms with van der Waals surface area (Å²) >= 11 is 1.24. The Morgan fingerprint density at radius 2 is 2.03 bits per heavy atom. The second-order valence-electron chi connectivity index (χ2n) is 10.2. The van der Waals surface area contributed by atoms with Gasteiger partial charge in [-0.25, -0.2) is 9.37 Å². The summed E-state index contributed by atoms with van der Waals surface area (Å²) in [6.07, 6.45) is 11.5. The molecule has 5 rings (SSSR count). The van der Waals surface area contributed by atoms with E-state index in [9.17, 15) is 14.0 Å². The molecule has 31 heavy (non-hydrogen) atoms. The lowest BCUT2D eigenvalue weighted by molar-refractivity contribution is -0.142. The molecule has 1 amide bonds. The molecule has 4 aliphatic rings. The summed E-state index contributed by atoms with van der Waals surface area (Å²) in [6, 6.07) is 5.68. The number of halogens is 1. The third kappa shape index (κ3) is 3.05. The molecule has 1 aliphatic heterocycles. The highest BCUT2D eigenvalue weighted by Gasteiger charge is 2.60. The second-order valence-corrected chi connectivity index (χ2v) is 11.2. The molecular formula is C25H29FN2O2S. The predicted molar refractivity (Wildman–Crippen MR) is 119 cm³/mol. The Morgan fingerprint density at radius 3 is 2.77 bits per heavy atom. The standard InChI is InChI=1S/C25H29FN2O2S/c1-24-12-11-17-15(7-10-20-25(17,2)14-19(26)22(29)28(20)3)16(24)8-9-18(24)23(30)31-21-6-4-5-13-27-21/h4-6,8-9,13-18,20H,7,10-12H2,1-3H3/t15?,16-,17?,18+,20+,24-,25+/m0/s1. The van der Waals surface area contributed by atoms with Gasteiger partial charge in [0.1, 0.15) is 5.03 Å². The molecule has 2 saturated carbocycles. The number of pyridine rings is 1. The number of hydrogen-bond acceptors (Lipinski definition) is 4. The molecule has 1 aromatic rings. The van der Waals surface area contributed by atoms with E-state index in [0.717, 1.165) is 30.7 Å². The van der Waals surface area contributed by atoms with Gasteiger partial charge in [-0.3, -0.25) is 9.59 Å². The van der Waals surface area contributed by atoms with Gasteiger partial charge in [-0.15, -0.1) is 0 Å². The van der Waals surface area contributed by atoms with Crippen molar-refractivity contribution in [3.63, 3.8) is 0 Å². The number of likely N-dealkylation sites (N-methyl/N-ethyl adjacent to an activating group) is 1. The highest BCUT2D eigenvalue weighted by Crippen LogP contribution is 2.64. The van der Waals surface area contributed by atoms with E-state index in [4.69, 9.17) is 0 Å². The van der Waals surface area contributed by atoms with Gasteiger partial charge in [0.15, 0.2) is 5.83 Å². The van der Waals surface area contributed by atoms with Crippen LogP contribution in [0.1, 0.15) is 39.5 Å². The quantitative estimate of drug-likeness (QED) is 0.478. The van der Waals surface area contributed by atoms with Crippen molar-refractivity contribution >= 4 is 22.8 Å². The van der Waals surface area contributed by atoms with Gasteiger partial charge in [0.05, 0.1) is 5.92 Å². The van der Waals surface area contributed by atoms with E-state index >= 15 is 0 Å². The number of carbonyl (C=O) groups excluding carboxylic acids is 2. The van der Waals surface area contributed by atoms with Gasteiger partial charge in [0.2, 0.25) is 5.12 Å². The highest BCUT2D eigenvalue weighted by molar-refractivity contribution is 8.13. The second kappa shape index (κ2) is 7.29. The van der Waals surface area contributed by atoms with Crippen LogP contribution in [-0.4, -0.2) is 34.0 Å². The zero-order valence-corrected chi connectivity index (χ0v) is 19.1. The largest absolute Gasteiger partial charge is 0.336 e. The lowest BCUT2D eigenvalue weighted by Gasteiger charge is -2.60. The van der Waals surface area contributed by atoms with E-state index in [-0.39, 0.29) is 27.9 Å². The minimum atomic E-state index is -0.614. The Morgan fingerprint density at radius 1 is 1.23 bits per heavy atom. The molecule has 2 fully saturated rings. The SMILES string of the molecule is CN1C(=O)C(F)=C[C@]2(C)C3CC[C@]4(C)[C@@H](C(=O)Sc5ccccn5)C=C[C@H]4C3CC[C@@H]12. The first-order valence-corrected chi connectivity index (χ1v) is 12.0. The highest BCUT2D eigenvalue weighted by atomic mass is 32.2. The van der Waals surface area contributed by atoms with Gasteiger partial charge < -0.3 is 4.90 Å². The van der Waals surface area contributed by atoms with Crippen LogP contribution in [0.25, 0.3) is 0 Å². The fourth-order valence-electron chi connectivity index (χ4n) is 7.20. The van der Waals surface area contributed by atoms with E-state index in [0.29, 0.717) is 17.8 Å². The third-order valence-electron chi connectivity index (χ3n) is 8.77. The van der Waals surface area contributed by atoms with Gasteiger partial charge in [-0.1, -0.05) is 32.1 Å². The lowest BCUT2D eigenvalue weighted by atomic mass is 9.47. The van der Waals surface area contributed by atoms with E-state index in [2.05, 4.69) is 31.0 Å².